The topological polar surface area (TPSA) is 51.0 Å². The molecule has 1 amide bonds. The highest BCUT2D eigenvalue weighted by atomic mass is 16.2. The third kappa shape index (κ3) is 2.83. The summed E-state index contributed by atoms with van der Waals surface area (Å²) >= 11 is 0. The van der Waals surface area contributed by atoms with Crippen LogP contribution in [0.15, 0.2) is 60.9 Å². The number of carbonyl (C=O) groups is 1. The second-order valence-electron chi connectivity index (χ2n) is 7.52. The van der Waals surface area contributed by atoms with Gasteiger partial charge in [0.25, 0.3) is 5.91 Å². The summed E-state index contributed by atoms with van der Waals surface area (Å²) in [6, 6.07) is 16.2. The van der Waals surface area contributed by atoms with Crippen LogP contribution in [0.1, 0.15) is 34.8 Å². The molecule has 0 bridgehead atoms. The molecule has 5 nitrogen and oxygen atoms in total. The maximum Gasteiger partial charge on any atom is 0.256 e. The molecule has 0 spiro atoms. The number of benzene rings is 1. The first-order valence-corrected chi connectivity index (χ1v) is 9.76. The summed E-state index contributed by atoms with van der Waals surface area (Å²) in [6.07, 6.45) is 5.60. The quantitative estimate of drug-likeness (QED) is 0.533. The zero-order valence-corrected chi connectivity index (χ0v) is 15.9. The monoisotopic (exact) mass is 370 g/mol. The van der Waals surface area contributed by atoms with Crippen LogP contribution >= 0.6 is 0 Å². The number of aryl methyl sites for hydroxylation is 1. The maximum absolute atomic E-state index is 13.1. The number of pyridine rings is 2. The number of rotatable bonds is 2. The Balaban J connectivity index is 1.34. The normalized spacial score (nSPS) is 15.4. The average Bonchev–Trinajstić information content (AvgIpc) is 3.10. The summed E-state index contributed by atoms with van der Waals surface area (Å²) in [5, 5.41) is 2.09. The van der Waals surface area contributed by atoms with Crippen molar-refractivity contribution in [3.63, 3.8) is 0 Å². The Morgan fingerprint density at radius 2 is 1.86 bits per heavy atom. The predicted octanol–water partition coefficient (Wildman–Crippen LogP) is 4.14. The predicted molar refractivity (Wildman–Crippen MR) is 110 cm³/mol. The molecule has 0 N–H and O–H groups in total. The molecule has 4 aromatic rings. The van der Waals surface area contributed by atoms with Crippen LogP contribution in [-0.2, 0) is 7.05 Å². The van der Waals surface area contributed by atoms with Crippen molar-refractivity contribution in [3.8, 4) is 0 Å². The molecule has 0 atom stereocenters. The summed E-state index contributed by atoms with van der Waals surface area (Å²) in [4.78, 5) is 24.2. The number of para-hydroxylation sites is 1. The molecule has 1 fully saturated rings. The molecule has 0 radical (unpaired) electrons. The van der Waals surface area contributed by atoms with Gasteiger partial charge in [-0.15, -0.1) is 0 Å². The molecular formula is C23H22N4O. The van der Waals surface area contributed by atoms with E-state index in [0.29, 0.717) is 5.92 Å². The number of hydrogen-bond donors (Lipinski definition) is 0. The lowest BCUT2D eigenvalue weighted by Gasteiger charge is -2.31. The largest absolute Gasteiger partial charge is 0.350 e. The molecule has 1 aliphatic rings. The number of piperidine rings is 1. The van der Waals surface area contributed by atoms with Gasteiger partial charge < -0.3 is 9.47 Å². The van der Waals surface area contributed by atoms with Gasteiger partial charge in [-0.2, -0.15) is 0 Å². The van der Waals surface area contributed by atoms with Gasteiger partial charge in [0.2, 0.25) is 0 Å². The molecule has 5 rings (SSSR count). The zero-order chi connectivity index (χ0) is 19.1. The van der Waals surface area contributed by atoms with E-state index >= 15 is 0 Å². The summed E-state index contributed by atoms with van der Waals surface area (Å²) in [5.41, 5.74) is 3.77. The van der Waals surface area contributed by atoms with Gasteiger partial charge in [-0.3, -0.25) is 4.79 Å². The molecule has 4 heterocycles. The van der Waals surface area contributed by atoms with E-state index in [-0.39, 0.29) is 5.91 Å². The van der Waals surface area contributed by atoms with Gasteiger partial charge in [-0.25, -0.2) is 9.97 Å². The molecule has 0 aliphatic carbocycles. The van der Waals surface area contributed by atoms with Gasteiger partial charge in [-0.1, -0.05) is 18.2 Å². The number of hydrogen-bond acceptors (Lipinski definition) is 3. The minimum absolute atomic E-state index is 0.128. The van der Waals surface area contributed by atoms with Crippen LogP contribution in [-0.4, -0.2) is 38.4 Å². The Bertz CT molecular complexity index is 1170. The average molecular weight is 370 g/mol. The Hall–Kier alpha value is -3.21. The molecule has 0 unspecified atom stereocenters. The number of nitrogens with zero attached hydrogens (tertiary/aromatic N) is 4. The molecule has 1 saturated heterocycles. The molecule has 140 valence electrons. The third-order valence-corrected chi connectivity index (χ3v) is 5.81. The minimum atomic E-state index is 0.128. The van der Waals surface area contributed by atoms with Crippen molar-refractivity contribution in [2.24, 2.45) is 7.05 Å². The summed E-state index contributed by atoms with van der Waals surface area (Å²) < 4.78 is 2.03. The molecule has 28 heavy (non-hydrogen) atoms. The Kier molecular flexibility index (Phi) is 4.08. The van der Waals surface area contributed by atoms with E-state index in [9.17, 15) is 4.79 Å². The van der Waals surface area contributed by atoms with E-state index in [1.54, 1.807) is 6.20 Å². The fourth-order valence-electron chi connectivity index (χ4n) is 4.26. The van der Waals surface area contributed by atoms with Crippen LogP contribution in [0.4, 0.5) is 0 Å². The standard InChI is InChI=1S/C23H22N4O/c1-26-15-19(18-6-2-3-7-21(18)26)23(28)27-13-10-16(11-14-27)20-9-8-17-5-4-12-24-22(17)25-20/h2-9,12,15-16H,10-11,13-14H2,1H3. The van der Waals surface area contributed by atoms with Gasteiger partial charge in [0, 0.05) is 60.4 Å². The first kappa shape index (κ1) is 16.9. The van der Waals surface area contributed by atoms with E-state index in [1.165, 1.54) is 0 Å². The van der Waals surface area contributed by atoms with E-state index < -0.39 is 0 Å². The van der Waals surface area contributed by atoms with E-state index in [1.807, 2.05) is 53.0 Å². The summed E-state index contributed by atoms with van der Waals surface area (Å²) in [5.74, 6) is 0.506. The van der Waals surface area contributed by atoms with Gasteiger partial charge in [-0.05, 0) is 43.2 Å². The Morgan fingerprint density at radius 1 is 1.04 bits per heavy atom. The van der Waals surface area contributed by atoms with Crippen LogP contribution in [0.25, 0.3) is 21.9 Å². The Labute approximate surface area is 163 Å². The first-order valence-electron chi connectivity index (χ1n) is 9.76. The van der Waals surface area contributed by atoms with Crippen molar-refractivity contribution >= 4 is 27.8 Å². The molecule has 5 heteroatoms. The minimum Gasteiger partial charge on any atom is -0.350 e. The SMILES string of the molecule is Cn1cc(C(=O)N2CCC(c3ccc4cccnc4n3)CC2)c2ccccc21. The summed E-state index contributed by atoms with van der Waals surface area (Å²) in [7, 11) is 1.99. The van der Waals surface area contributed by atoms with Crippen LogP contribution in [0, 0.1) is 0 Å². The Morgan fingerprint density at radius 3 is 2.71 bits per heavy atom. The van der Waals surface area contributed by atoms with Crippen molar-refractivity contribution in [2.45, 2.75) is 18.8 Å². The van der Waals surface area contributed by atoms with Gasteiger partial charge in [0.05, 0.1) is 5.56 Å². The van der Waals surface area contributed by atoms with Crippen LogP contribution in [0.3, 0.4) is 0 Å². The van der Waals surface area contributed by atoms with Gasteiger partial charge in [0.15, 0.2) is 5.65 Å². The van der Waals surface area contributed by atoms with Gasteiger partial charge in [0.1, 0.15) is 0 Å². The highest BCUT2D eigenvalue weighted by Gasteiger charge is 2.27. The number of fused-ring (bicyclic) bond motifs is 2. The lowest BCUT2D eigenvalue weighted by Crippen LogP contribution is -2.38. The second kappa shape index (κ2) is 6.75. The lowest BCUT2D eigenvalue weighted by atomic mass is 9.92. The van der Waals surface area contributed by atoms with E-state index in [2.05, 4.69) is 23.2 Å². The third-order valence-electron chi connectivity index (χ3n) is 5.81. The number of carbonyl (C=O) groups excluding carboxylic acids is 1. The zero-order valence-electron chi connectivity index (χ0n) is 15.9. The highest BCUT2D eigenvalue weighted by molar-refractivity contribution is 6.07. The van der Waals surface area contributed by atoms with Crippen molar-refractivity contribution < 1.29 is 4.79 Å². The van der Waals surface area contributed by atoms with Crippen molar-refractivity contribution in [3.05, 3.63) is 72.2 Å². The van der Waals surface area contributed by atoms with E-state index in [4.69, 9.17) is 4.98 Å². The number of aromatic nitrogens is 3. The first-order chi connectivity index (χ1) is 13.7. The second-order valence-corrected chi connectivity index (χ2v) is 7.52. The number of likely N-dealkylation sites (tertiary alicyclic amines) is 1. The van der Waals surface area contributed by atoms with E-state index in [0.717, 1.165) is 59.1 Å². The molecule has 1 aliphatic heterocycles. The fourth-order valence-corrected chi connectivity index (χ4v) is 4.26. The smallest absolute Gasteiger partial charge is 0.256 e. The maximum atomic E-state index is 13.1. The highest BCUT2D eigenvalue weighted by Crippen LogP contribution is 2.29. The molecule has 3 aromatic heterocycles. The van der Waals surface area contributed by atoms with Gasteiger partial charge >= 0.3 is 0 Å². The molecular weight excluding hydrogens is 348 g/mol. The number of amides is 1. The summed E-state index contributed by atoms with van der Waals surface area (Å²) in [6.45, 7) is 1.52. The van der Waals surface area contributed by atoms with Crippen LogP contribution in [0.5, 0.6) is 0 Å². The molecule has 1 aromatic carbocycles. The van der Waals surface area contributed by atoms with Crippen molar-refractivity contribution in [1.29, 1.82) is 0 Å². The van der Waals surface area contributed by atoms with Crippen molar-refractivity contribution in [2.75, 3.05) is 13.1 Å². The van der Waals surface area contributed by atoms with Crippen LogP contribution < -0.4 is 0 Å². The lowest BCUT2D eigenvalue weighted by molar-refractivity contribution is 0.0714. The van der Waals surface area contributed by atoms with Crippen LogP contribution in [0.2, 0.25) is 0 Å². The van der Waals surface area contributed by atoms with Crippen molar-refractivity contribution in [1.82, 2.24) is 19.4 Å². The fraction of sp³-hybridized carbons (Fsp3) is 0.261. The molecule has 0 saturated carbocycles.